The average Bonchev–Trinajstić information content (AvgIpc) is 2.72. The van der Waals surface area contributed by atoms with Gasteiger partial charge in [0, 0.05) is 11.1 Å². The minimum Gasteiger partial charge on any atom is -0.497 e. The lowest BCUT2D eigenvalue weighted by Gasteiger charge is -2.10. The number of alkyl halides is 3. The van der Waals surface area contributed by atoms with Gasteiger partial charge in [0.15, 0.2) is 0 Å². The number of methoxy groups -OCH3 is 2. The zero-order chi connectivity index (χ0) is 21.0. The first kappa shape index (κ1) is 20.2. The maximum Gasteiger partial charge on any atom is 0.416 e. The van der Waals surface area contributed by atoms with Crippen LogP contribution in [0.15, 0.2) is 59.7 Å². The summed E-state index contributed by atoms with van der Waals surface area (Å²) in [6.45, 7) is 0. The summed E-state index contributed by atoms with van der Waals surface area (Å²) in [6.07, 6.45) is -3.15. The van der Waals surface area contributed by atoms with Crippen LogP contribution in [0.25, 0.3) is 10.8 Å². The van der Waals surface area contributed by atoms with Crippen molar-refractivity contribution in [1.29, 1.82) is 0 Å². The zero-order valence-corrected chi connectivity index (χ0v) is 15.6. The Bertz CT molecular complexity index is 1070. The minimum absolute atomic E-state index is 0.150. The predicted molar refractivity (Wildman–Crippen MR) is 104 cm³/mol. The summed E-state index contributed by atoms with van der Waals surface area (Å²) < 4.78 is 49.0. The first-order valence-corrected chi connectivity index (χ1v) is 8.49. The van der Waals surface area contributed by atoms with E-state index in [2.05, 4.69) is 10.5 Å². The van der Waals surface area contributed by atoms with Gasteiger partial charge < -0.3 is 9.47 Å². The van der Waals surface area contributed by atoms with Crippen LogP contribution in [-0.2, 0) is 6.18 Å². The molecule has 3 aromatic carbocycles. The molecule has 0 fully saturated rings. The van der Waals surface area contributed by atoms with E-state index in [9.17, 15) is 18.0 Å². The molecular weight excluding hydrogens is 385 g/mol. The standard InChI is InChI=1S/C21H17F3N2O3/c1-28-16-8-6-13-7-9-19(29-2)18(17(13)11-16)12-25-26-20(27)14-4-3-5-15(10-14)21(22,23)24/h3-12H,1-2H3,(H,26,27)/b25-12-. The molecule has 3 aromatic rings. The van der Waals surface area contributed by atoms with Gasteiger partial charge in [-0.2, -0.15) is 18.3 Å². The number of amides is 1. The Morgan fingerprint density at radius 2 is 1.79 bits per heavy atom. The monoisotopic (exact) mass is 402 g/mol. The highest BCUT2D eigenvalue weighted by Crippen LogP contribution is 2.30. The summed E-state index contributed by atoms with van der Waals surface area (Å²) in [5.74, 6) is 0.389. The Morgan fingerprint density at radius 1 is 1.03 bits per heavy atom. The molecule has 0 aromatic heterocycles. The summed E-state index contributed by atoms with van der Waals surface area (Å²) in [5.41, 5.74) is 1.78. The molecule has 0 heterocycles. The lowest BCUT2D eigenvalue weighted by atomic mass is 10.0. The molecule has 5 nitrogen and oxygen atoms in total. The molecule has 0 unspecified atom stereocenters. The third kappa shape index (κ3) is 4.48. The molecule has 1 amide bonds. The lowest BCUT2D eigenvalue weighted by molar-refractivity contribution is -0.137. The number of rotatable bonds is 5. The first-order chi connectivity index (χ1) is 13.8. The normalized spacial score (nSPS) is 11.6. The van der Waals surface area contributed by atoms with E-state index in [4.69, 9.17) is 9.47 Å². The van der Waals surface area contributed by atoms with E-state index in [0.717, 1.165) is 22.9 Å². The highest BCUT2D eigenvalue weighted by atomic mass is 19.4. The fourth-order valence-corrected chi connectivity index (χ4v) is 2.80. The number of halogens is 3. The van der Waals surface area contributed by atoms with Gasteiger partial charge >= 0.3 is 6.18 Å². The first-order valence-electron chi connectivity index (χ1n) is 8.49. The van der Waals surface area contributed by atoms with E-state index in [1.807, 2.05) is 18.2 Å². The average molecular weight is 402 g/mol. The van der Waals surface area contributed by atoms with Crippen LogP contribution < -0.4 is 14.9 Å². The second-order valence-electron chi connectivity index (χ2n) is 6.05. The number of hydrogen-bond acceptors (Lipinski definition) is 4. The minimum atomic E-state index is -4.53. The molecule has 0 spiro atoms. The lowest BCUT2D eigenvalue weighted by Crippen LogP contribution is -2.18. The van der Waals surface area contributed by atoms with Crippen molar-refractivity contribution in [2.75, 3.05) is 14.2 Å². The fraction of sp³-hybridized carbons (Fsp3) is 0.143. The summed E-state index contributed by atoms with van der Waals surface area (Å²) in [4.78, 5) is 12.2. The number of nitrogens with zero attached hydrogens (tertiary/aromatic N) is 1. The number of fused-ring (bicyclic) bond motifs is 1. The van der Waals surface area contributed by atoms with Crippen molar-refractivity contribution >= 4 is 22.9 Å². The molecule has 29 heavy (non-hydrogen) atoms. The number of hydrogen-bond donors (Lipinski definition) is 1. The van der Waals surface area contributed by atoms with Gasteiger partial charge in [0.2, 0.25) is 0 Å². The molecule has 0 aliphatic heterocycles. The van der Waals surface area contributed by atoms with E-state index < -0.39 is 17.6 Å². The SMILES string of the molecule is COc1ccc2ccc(OC)c(/C=N\NC(=O)c3cccc(C(F)(F)F)c3)c2c1. The van der Waals surface area contributed by atoms with Gasteiger partial charge in [0.1, 0.15) is 11.5 Å². The molecule has 3 rings (SSSR count). The van der Waals surface area contributed by atoms with Crippen molar-refractivity contribution in [3.63, 3.8) is 0 Å². The molecular formula is C21H17F3N2O3. The van der Waals surface area contributed by atoms with Crippen molar-refractivity contribution in [3.8, 4) is 11.5 Å². The maximum atomic E-state index is 12.8. The van der Waals surface area contributed by atoms with Crippen LogP contribution in [0.5, 0.6) is 11.5 Å². The topological polar surface area (TPSA) is 59.9 Å². The summed E-state index contributed by atoms with van der Waals surface area (Å²) in [7, 11) is 3.05. The Balaban J connectivity index is 1.88. The van der Waals surface area contributed by atoms with Gasteiger partial charge in [-0.1, -0.05) is 18.2 Å². The second-order valence-corrected chi connectivity index (χ2v) is 6.05. The van der Waals surface area contributed by atoms with Gasteiger partial charge in [-0.15, -0.1) is 0 Å². The Labute approximate surface area is 164 Å². The molecule has 8 heteroatoms. The molecule has 0 aliphatic carbocycles. The van der Waals surface area contributed by atoms with E-state index in [0.29, 0.717) is 17.1 Å². The molecule has 0 saturated heterocycles. The van der Waals surface area contributed by atoms with Crippen molar-refractivity contribution in [2.45, 2.75) is 6.18 Å². The van der Waals surface area contributed by atoms with Crippen molar-refractivity contribution in [2.24, 2.45) is 5.10 Å². The van der Waals surface area contributed by atoms with Crippen LogP contribution in [0.2, 0.25) is 0 Å². The van der Waals surface area contributed by atoms with Gasteiger partial charge in [0.05, 0.1) is 26.0 Å². The molecule has 0 bridgehead atoms. The van der Waals surface area contributed by atoms with Gasteiger partial charge in [-0.05, 0) is 47.2 Å². The molecule has 0 radical (unpaired) electrons. The van der Waals surface area contributed by atoms with Crippen LogP contribution in [-0.4, -0.2) is 26.3 Å². The fourth-order valence-electron chi connectivity index (χ4n) is 2.80. The van der Waals surface area contributed by atoms with E-state index in [-0.39, 0.29) is 5.56 Å². The number of ether oxygens (including phenoxy) is 2. The van der Waals surface area contributed by atoms with Crippen LogP contribution >= 0.6 is 0 Å². The Morgan fingerprint density at radius 3 is 2.48 bits per heavy atom. The third-order valence-corrected chi connectivity index (χ3v) is 4.26. The molecule has 0 saturated carbocycles. The van der Waals surface area contributed by atoms with Crippen molar-refractivity contribution in [3.05, 3.63) is 71.3 Å². The Kier molecular flexibility index (Phi) is 5.72. The van der Waals surface area contributed by atoms with Crippen LogP contribution in [0.1, 0.15) is 21.5 Å². The number of carbonyl (C=O) groups excluding carboxylic acids is 1. The number of benzene rings is 3. The molecule has 150 valence electrons. The van der Waals surface area contributed by atoms with Crippen LogP contribution in [0, 0.1) is 0 Å². The van der Waals surface area contributed by atoms with Crippen LogP contribution in [0.3, 0.4) is 0 Å². The largest absolute Gasteiger partial charge is 0.497 e. The highest BCUT2D eigenvalue weighted by Gasteiger charge is 2.30. The number of hydrazone groups is 1. The molecule has 0 aliphatic rings. The zero-order valence-electron chi connectivity index (χ0n) is 15.6. The summed E-state index contributed by atoms with van der Waals surface area (Å²) in [6, 6.07) is 13.2. The molecule has 1 N–H and O–H groups in total. The number of carbonyl (C=O) groups is 1. The molecule has 0 atom stereocenters. The van der Waals surface area contributed by atoms with Gasteiger partial charge in [-0.3, -0.25) is 4.79 Å². The van der Waals surface area contributed by atoms with E-state index >= 15 is 0 Å². The second kappa shape index (κ2) is 8.22. The van der Waals surface area contributed by atoms with Crippen LogP contribution in [0.4, 0.5) is 13.2 Å². The number of nitrogens with one attached hydrogen (secondary N) is 1. The van der Waals surface area contributed by atoms with E-state index in [1.54, 1.807) is 19.2 Å². The van der Waals surface area contributed by atoms with Gasteiger partial charge in [0.25, 0.3) is 5.91 Å². The highest BCUT2D eigenvalue weighted by molar-refractivity contribution is 6.03. The third-order valence-electron chi connectivity index (χ3n) is 4.26. The predicted octanol–water partition coefficient (Wildman–Crippen LogP) is 4.64. The Hall–Kier alpha value is -3.55. The van der Waals surface area contributed by atoms with E-state index in [1.165, 1.54) is 25.5 Å². The summed E-state index contributed by atoms with van der Waals surface area (Å²) >= 11 is 0. The quantitative estimate of drug-likeness (QED) is 0.500. The smallest absolute Gasteiger partial charge is 0.416 e. The van der Waals surface area contributed by atoms with Crippen molar-refractivity contribution < 1.29 is 27.4 Å². The summed E-state index contributed by atoms with van der Waals surface area (Å²) in [5, 5.41) is 5.58. The van der Waals surface area contributed by atoms with Gasteiger partial charge in [-0.25, -0.2) is 5.43 Å². The maximum absolute atomic E-state index is 12.8. The van der Waals surface area contributed by atoms with Crippen molar-refractivity contribution in [1.82, 2.24) is 5.43 Å².